The monoisotopic (exact) mass is 312 g/mol. The predicted molar refractivity (Wildman–Crippen MR) is 80.3 cm³/mol. The Hall–Kier alpha value is -2.04. The minimum absolute atomic E-state index is 0.0269. The normalized spacial score (nSPS) is 11.5. The van der Waals surface area contributed by atoms with Gasteiger partial charge in [0.05, 0.1) is 17.8 Å². The molecule has 0 saturated heterocycles. The van der Waals surface area contributed by atoms with Crippen LogP contribution in [-0.4, -0.2) is 42.0 Å². The van der Waals surface area contributed by atoms with Crippen LogP contribution in [0.15, 0.2) is 11.0 Å². The maximum atomic E-state index is 12.1. The summed E-state index contributed by atoms with van der Waals surface area (Å²) in [7, 11) is 1.54. The molecule has 1 unspecified atom stereocenters. The van der Waals surface area contributed by atoms with E-state index in [9.17, 15) is 9.59 Å². The molecule has 0 saturated carbocycles. The quantitative estimate of drug-likeness (QED) is 0.551. The smallest absolute Gasteiger partial charge is 0.292 e. The molecule has 0 aliphatic heterocycles. The zero-order valence-corrected chi connectivity index (χ0v) is 12.6. The molecule has 114 valence electrons. The predicted octanol–water partition coefficient (Wildman–Crippen LogP) is 0.0929. The molecule has 8 heteroatoms. The van der Waals surface area contributed by atoms with Crippen LogP contribution in [0, 0.1) is 12.3 Å². The molecule has 1 amide bonds. The van der Waals surface area contributed by atoms with Crippen LogP contribution in [0.2, 0.25) is 5.02 Å². The van der Waals surface area contributed by atoms with Crippen LogP contribution in [-0.2, 0) is 16.1 Å². The number of anilines is 1. The number of carbonyl (C=O) groups is 1. The van der Waals surface area contributed by atoms with Gasteiger partial charge in [-0.25, -0.2) is 4.68 Å². The summed E-state index contributed by atoms with van der Waals surface area (Å²) in [6.07, 6.45) is 6.46. The lowest BCUT2D eigenvalue weighted by molar-refractivity contribution is -0.121. The lowest BCUT2D eigenvalue weighted by atomic mass is 10.3. The number of terminal acetylenes is 1. The third-order valence-corrected chi connectivity index (χ3v) is 2.88. The second-order valence-electron chi connectivity index (χ2n) is 4.18. The summed E-state index contributed by atoms with van der Waals surface area (Å²) in [5, 5.41) is 9.38. The SMILES string of the molecule is C#CCn1ncc(Cl)c(NC(C)C(=O)NCCOC)c1=O. The number of halogens is 1. The topological polar surface area (TPSA) is 85.2 Å². The highest BCUT2D eigenvalue weighted by molar-refractivity contribution is 6.33. The standard InChI is InChI=1S/C13H17ClN4O3/c1-4-6-18-13(20)11(10(14)8-16-18)17-9(2)12(19)15-5-7-21-3/h1,8-9,17H,5-7H2,2-3H3,(H,15,19). The molecule has 0 aromatic carbocycles. The highest BCUT2D eigenvalue weighted by Gasteiger charge is 2.17. The fraction of sp³-hybridized carbons (Fsp3) is 0.462. The Labute approximate surface area is 127 Å². The summed E-state index contributed by atoms with van der Waals surface area (Å²) < 4.78 is 5.92. The van der Waals surface area contributed by atoms with Crippen LogP contribution in [0.5, 0.6) is 0 Å². The number of nitrogens with zero attached hydrogens (tertiary/aromatic N) is 2. The summed E-state index contributed by atoms with van der Waals surface area (Å²) in [6, 6.07) is -0.645. The van der Waals surface area contributed by atoms with Crippen LogP contribution in [0.4, 0.5) is 5.69 Å². The van der Waals surface area contributed by atoms with Crippen molar-refractivity contribution in [3.05, 3.63) is 21.6 Å². The fourth-order valence-electron chi connectivity index (χ4n) is 1.51. The number of aromatic nitrogens is 2. The molecule has 2 N–H and O–H groups in total. The van der Waals surface area contributed by atoms with Crippen molar-refractivity contribution in [2.45, 2.75) is 19.5 Å². The highest BCUT2D eigenvalue weighted by Crippen LogP contribution is 2.15. The van der Waals surface area contributed by atoms with Crippen molar-refractivity contribution in [3.63, 3.8) is 0 Å². The Morgan fingerprint density at radius 1 is 1.67 bits per heavy atom. The molecular weight excluding hydrogens is 296 g/mol. The van der Waals surface area contributed by atoms with Gasteiger partial charge in [0.2, 0.25) is 5.91 Å². The molecule has 0 radical (unpaired) electrons. The second kappa shape index (κ2) is 8.29. The Balaban J connectivity index is 2.82. The number of nitrogens with one attached hydrogen (secondary N) is 2. The summed E-state index contributed by atoms with van der Waals surface area (Å²) >= 11 is 5.94. The van der Waals surface area contributed by atoms with E-state index >= 15 is 0 Å². The van der Waals surface area contributed by atoms with E-state index in [0.29, 0.717) is 13.2 Å². The average Bonchev–Trinajstić information content (AvgIpc) is 2.46. The maximum absolute atomic E-state index is 12.1. The van der Waals surface area contributed by atoms with E-state index in [4.69, 9.17) is 22.8 Å². The molecule has 1 aromatic rings. The van der Waals surface area contributed by atoms with E-state index in [1.165, 1.54) is 6.20 Å². The number of amides is 1. The van der Waals surface area contributed by atoms with E-state index in [0.717, 1.165) is 4.68 Å². The van der Waals surface area contributed by atoms with Crippen molar-refractivity contribution in [3.8, 4) is 12.3 Å². The molecule has 1 rings (SSSR count). The van der Waals surface area contributed by atoms with Crippen molar-refractivity contribution in [1.82, 2.24) is 15.1 Å². The van der Waals surface area contributed by atoms with Gasteiger partial charge in [-0.2, -0.15) is 5.10 Å². The molecule has 7 nitrogen and oxygen atoms in total. The molecule has 0 aliphatic rings. The third-order valence-electron chi connectivity index (χ3n) is 2.60. The summed E-state index contributed by atoms with van der Waals surface area (Å²) in [6.45, 7) is 2.43. The molecular formula is C13H17ClN4O3. The Morgan fingerprint density at radius 2 is 2.38 bits per heavy atom. The minimum Gasteiger partial charge on any atom is -0.383 e. The van der Waals surface area contributed by atoms with E-state index in [1.54, 1.807) is 14.0 Å². The van der Waals surface area contributed by atoms with Gasteiger partial charge in [0, 0.05) is 13.7 Å². The summed E-state index contributed by atoms with van der Waals surface area (Å²) in [5.74, 6) is 2.04. The summed E-state index contributed by atoms with van der Waals surface area (Å²) in [4.78, 5) is 23.9. The molecule has 0 fully saturated rings. The lowest BCUT2D eigenvalue weighted by Crippen LogP contribution is -2.40. The van der Waals surface area contributed by atoms with E-state index in [-0.39, 0.29) is 23.2 Å². The number of hydrogen-bond acceptors (Lipinski definition) is 5. The molecule has 1 atom stereocenters. The van der Waals surface area contributed by atoms with Gasteiger partial charge in [0.15, 0.2) is 0 Å². The van der Waals surface area contributed by atoms with Gasteiger partial charge in [0.25, 0.3) is 5.56 Å². The van der Waals surface area contributed by atoms with Crippen molar-refractivity contribution in [1.29, 1.82) is 0 Å². The number of carbonyl (C=O) groups excluding carboxylic acids is 1. The molecule has 0 bridgehead atoms. The first-order valence-corrected chi connectivity index (χ1v) is 6.61. The second-order valence-corrected chi connectivity index (χ2v) is 4.59. The van der Waals surface area contributed by atoms with E-state index < -0.39 is 11.6 Å². The number of hydrogen-bond donors (Lipinski definition) is 2. The van der Waals surface area contributed by atoms with Gasteiger partial charge in [-0.05, 0) is 6.92 Å². The zero-order valence-electron chi connectivity index (χ0n) is 11.9. The lowest BCUT2D eigenvalue weighted by Gasteiger charge is -2.16. The average molecular weight is 313 g/mol. The van der Waals surface area contributed by atoms with Crippen molar-refractivity contribution >= 4 is 23.2 Å². The highest BCUT2D eigenvalue weighted by atomic mass is 35.5. The van der Waals surface area contributed by atoms with Crippen LogP contribution >= 0.6 is 11.6 Å². The Bertz CT molecular complexity index is 594. The largest absolute Gasteiger partial charge is 0.383 e. The van der Waals surface area contributed by atoms with Gasteiger partial charge in [-0.3, -0.25) is 9.59 Å². The van der Waals surface area contributed by atoms with Crippen LogP contribution in [0.25, 0.3) is 0 Å². The molecule has 1 aromatic heterocycles. The first-order chi connectivity index (χ1) is 10.0. The van der Waals surface area contributed by atoms with Crippen molar-refractivity contribution in [2.75, 3.05) is 25.6 Å². The van der Waals surface area contributed by atoms with Gasteiger partial charge >= 0.3 is 0 Å². The number of ether oxygens (including phenoxy) is 1. The van der Waals surface area contributed by atoms with E-state index in [1.807, 2.05) is 0 Å². The Morgan fingerprint density at radius 3 is 3.00 bits per heavy atom. The number of rotatable bonds is 7. The minimum atomic E-state index is -0.645. The van der Waals surface area contributed by atoms with Gasteiger partial charge in [-0.1, -0.05) is 17.5 Å². The van der Waals surface area contributed by atoms with Crippen LogP contribution in [0.3, 0.4) is 0 Å². The van der Waals surface area contributed by atoms with Crippen molar-refractivity contribution in [2.24, 2.45) is 0 Å². The third kappa shape index (κ3) is 4.77. The molecule has 0 spiro atoms. The fourth-order valence-corrected chi connectivity index (χ4v) is 1.69. The van der Waals surface area contributed by atoms with Crippen LogP contribution in [0.1, 0.15) is 6.92 Å². The maximum Gasteiger partial charge on any atom is 0.292 e. The Kier molecular flexibility index (Phi) is 6.72. The van der Waals surface area contributed by atoms with Gasteiger partial charge < -0.3 is 15.4 Å². The van der Waals surface area contributed by atoms with Gasteiger partial charge in [-0.15, -0.1) is 6.42 Å². The zero-order chi connectivity index (χ0) is 15.8. The van der Waals surface area contributed by atoms with E-state index in [2.05, 4.69) is 21.7 Å². The molecule has 1 heterocycles. The first-order valence-electron chi connectivity index (χ1n) is 6.23. The van der Waals surface area contributed by atoms with Crippen molar-refractivity contribution < 1.29 is 9.53 Å². The van der Waals surface area contributed by atoms with Gasteiger partial charge in [0.1, 0.15) is 18.3 Å². The summed E-state index contributed by atoms with van der Waals surface area (Å²) in [5.41, 5.74) is -0.381. The number of methoxy groups -OCH3 is 1. The molecule has 0 aliphatic carbocycles. The van der Waals surface area contributed by atoms with Crippen LogP contribution < -0.4 is 16.2 Å². The molecule has 21 heavy (non-hydrogen) atoms. The first kappa shape index (κ1) is 17.0.